The molecule has 19 heavy (non-hydrogen) atoms. The molecule has 0 saturated heterocycles. The number of allylic oxidation sites excluding steroid dienone is 1. The van der Waals surface area contributed by atoms with Gasteiger partial charge in [0.1, 0.15) is 0 Å². The zero-order valence-electron chi connectivity index (χ0n) is 10.2. The lowest BCUT2D eigenvalue weighted by atomic mass is 9.92. The largest absolute Gasteiger partial charge is 0.398 e. The van der Waals surface area contributed by atoms with Gasteiger partial charge in [-0.15, -0.1) is 6.58 Å². The maximum absolute atomic E-state index is 12.0. The number of imide groups is 1. The molecule has 0 unspecified atom stereocenters. The molecule has 0 saturated carbocycles. The monoisotopic (exact) mass is 252 g/mol. The standard InChI is InChI=1S/C15H12N2O2/c1-2-5-10-12-11(14(18)17-15(12)19)8-6-3-4-7-9(8)13(10)16/h2-4,6-7H,1,5,16H2,(H,17,18,19). The first kappa shape index (κ1) is 11.5. The minimum atomic E-state index is -0.380. The molecule has 0 fully saturated rings. The zero-order chi connectivity index (χ0) is 13.6. The summed E-state index contributed by atoms with van der Waals surface area (Å²) in [6.45, 7) is 3.67. The van der Waals surface area contributed by atoms with Crippen molar-refractivity contribution in [3.8, 4) is 0 Å². The summed E-state index contributed by atoms with van der Waals surface area (Å²) >= 11 is 0. The van der Waals surface area contributed by atoms with Gasteiger partial charge in [-0.25, -0.2) is 0 Å². The molecule has 0 aliphatic carbocycles. The molecule has 4 heteroatoms. The molecule has 3 N–H and O–H groups in total. The molecule has 0 atom stereocenters. The number of nitrogen functional groups attached to an aromatic ring is 1. The van der Waals surface area contributed by atoms with Crippen molar-refractivity contribution in [1.29, 1.82) is 0 Å². The van der Waals surface area contributed by atoms with Gasteiger partial charge in [-0.2, -0.15) is 0 Å². The minimum absolute atomic E-state index is 0.360. The Hall–Kier alpha value is -2.62. The number of rotatable bonds is 2. The van der Waals surface area contributed by atoms with Crippen molar-refractivity contribution >= 4 is 28.3 Å². The van der Waals surface area contributed by atoms with Crippen LogP contribution in [-0.4, -0.2) is 11.8 Å². The maximum atomic E-state index is 12.0. The molecule has 2 aromatic rings. The van der Waals surface area contributed by atoms with Crippen LogP contribution in [0, 0.1) is 0 Å². The van der Waals surface area contributed by atoms with Crippen LogP contribution in [0.3, 0.4) is 0 Å². The van der Waals surface area contributed by atoms with Crippen molar-refractivity contribution in [3.63, 3.8) is 0 Å². The van der Waals surface area contributed by atoms with Crippen LogP contribution in [0.2, 0.25) is 0 Å². The lowest BCUT2D eigenvalue weighted by molar-refractivity contribution is 0.0880. The van der Waals surface area contributed by atoms with Crippen LogP contribution in [0.4, 0.5) is 5.69 Å². The average Bonchev–Trinajstić information content (AvgIpc) is 2.70. The topological polar surface area (TPSA) is 72.2 Å². The number of hydrogen-bond donors (Lipinski definition) is 2. The Kier molecular flexibility index (Phi) is 2.38. The Morgan fingerprint density at radius 1 is 1.11 bits per heavy atom. The minimum Gasteiger partial charge on any atom is -0.398 e. The highest BCUT2D eigenvalue weighted by atomic mass is 16.2. The molecule has 0 bridgehead atoms. The molecule has 94 valence electrons. The van der Waals surface area contributed by atoms with Crippen LogP contribution in [-0.2, 0) is 6.42 Å². The van der Waals surface area contributed by atoms with Crippen LogP contribution in [0.25, 0.3) is 10.8 Å². The Morgan fingerprint density at radius 3 is 2.42 bits per heavy atom. The van der Waals surface area contributed by atoms with Crippen molar-refractivity contribution in [2.24, 2.45) is 0 Å². The number of carbonyl (C=O) groups excluding carboxylic acids is 2. The molecule has 3 rings (SSSR count). The second-order valence-electron chi connectivity index (χ2n) is 4.46. The number of fused-ring (bicyclic) bond motifs is 3. The summed E-state index contributed by atoms with van der Waals surface area (Å²) in [5, 5.41) is 3.84. The normalized spacial score (nSPS) is 13.5. The van der Waals surface area contributed by atoms with Crippen LogP contribution >= 0.6 is 0 Å². The van der Waals surface area contributed by atoms with E-state index in [1.165, 1.54) is 0 Å². The predicted molar refractivity (Wildman–Crippen MR) is 74.1 cm³/mol. The molecule has 4 nitrogen and oxygen atoms in total. The molecule has 1 aliphatic rings. The van der Waals surface area contributed by atoms with E-state index in [4.69, 9.17) is 5.73 Å². The maximum Gasteiger partial charge on any atom is 0.259 e. The van der Waals surface area contributed by atoms with Gasteiger partial charge in [-0.05, 0) is 17.4 Å². The summed E-state index contributed by atoms with van der Waals surface area (Å²) in [6.07, 6.45) is 2.14. The molecule has 0 aromatic heterocycles. The Balaban J connectivity index is 2.52. The SMILES string of the molecule is C=CCc1c2c(c3ccccc3c1N)C(=O)NC2=O. The van der Waals surface area contributed by atoms with E-state index < -0.39 is 0 Å². The molecular formula is C15H12N2O2. The van der Waals surface area contributed by atoms with Gasteiger partial charge < -0.3 is 5.73 Å². The summed E-state index contributed by atoms with van der Waals surface area (Å²) in [7, 11) is 0. The molecular weight excluding hydrogens is 240 g/mol. The van der Waals surface area contributed by atoms with Crippen molar-refractivity contribution in [3.05, 3.63) is 53.6 Å². The van der Waals surface area contributed by atoms with Crippen LogP contribution in [0.5, 0.6) is 0 Å². The van der Waals surface area contributed by atoms with Crippen molar-refractivity contribution in [2.45, 2.75) is 6.42 Å². The van der Waals surface area contributed by atoms with Crippen LogP contribution in [0.15, 0.2) is 36.9 Å². The quantitative estimate of drug-likeness (QED) is 0.488. The van der Waals surface area contributed by atoms with E-state index in [1.807, 2.05) is 18.2 Å². The third-order valence-electron chi connectivity index (χ3n) is 3.39. The summed E-state index contributed by atoms with van der Waals surface area (Å²) in [4.78, 5) is 23.9. The van der Waals surface area contributed by atoms with Gasteiger partial charge in [-0.1, -0.05) is 30.3 Å². The first-order valence-electron chi connectivity index (χ1n) is 5.94. The number of anilines is 1. The van der Waals surface area contributed by atoms with E-state index in [0.717, 1.165) is 5.39 Å². The average molecular weight is 252 g/mol. The Morgan fingerprint density at radius 2 is 1.74 bits per heavy atom. The highest BCUT2D eigenvalue weighted by Crippen LogP contribution is 2.35. The fourth-order valence-electron chi connectivity index (χ4n) is 2.59. The van der Waals surface area contributed by atoms with E-state index >= 15 is 0 Å². The summed E-state index contributed by atoms with van der Waals surface area (Å²) < 4.78 is 0. The van der Waals surface area contributed by atoms with E-state index in [-0.39, 0.29) is 11.8 Å². The number of carbonyl (C=O) groups is 2. The number of hydrogen-bond acceptors (Lipinski definition) is 3. The number of nitrogens with two attached hydrogens (primary N) is 1. The predicted octanol–water partition coefficient (Wildman–Crippen LogP) is 2.03. The molecule has 0 spiro atoms. The van der Waals surface area contributed by atoms with Gasteiger partial charge in [0, 0.05) is 11.1 Å². The van der Waals surface area contributed by atoms with Gasteiger partial charge in [-0.3, -0.25) is 14.9 Å². The van der Waals surface area contributed by atoms with Crippen LogP contribution < -0.4 is 11.1 Å². The molecule has 2 amide bonds. The third kappa shape index (κ3) is 1.46. The van der Waals surface area contributed by atoms with Crippen molar-refractivity contribution in [1.82, 2.24) is 5.32 Å². The smallest absolute Gasteiger partial charge is 0.259 e. The molecule has 1 heterocycles. The number of amides is 2. The van der Waals surface area contributed by atoms with E-state index in [2.05, 4.69) is 11.9 Å². The van der Waals surface area contributed by atoms with E-state index in [9.17, 15) is 9.59 Å². The lowest BCUT2D eigenvalue weighted by Gasteiger charge is -2.12. The Labute approximate surface area is 109 Å². The molecule has 0 radical (unpaired) electrons. The van der Waals surface area contributed by atoms with Gasteiger partial charge in [0.25, 0.3) is 11.8 Å². The van der Waals surface area contributed by atoms with Crippen molar-refractivity contribution < 1.29 is 9.59 Å². The second kappa shape index (κ2) is 3.95. The number of benzene rings is 2. The number of nitrogens with one attached hydrogen (secondary N) is 1. The molecule has 1 aliphatic heterocycles. The van der Waals surface area contributed by atoms with Gasteiger partial charge in [0.15, 0.2) is 0 Å². The van der Waals surface area contributed by atoms with Crippen molar-refractivity contribution in [2.75, 3.05) is 5.73 Å². The highest BCUT2D eigenvalue weighted by Gasteiger charge is 2.32. The third-order valence-corrected chi connectivity index (χ3v) is 3.39. The van der Waals surface area contributed by atoms with E-state index in [1.54, 1.807) is 12.1 Å². The summed E-state index contributed by atoms with van der Waals surface area (Å²) in [6, 6.07) is 7.34. The molecule has 2 aromatic carbocycles. The first-order chi connectivity index (χ1) is 9.15. The lowest BCUT2D eigenvalue weighted by Crippen LogP contribution is -2.20. The fourth-order valence-corrected chi connectivity index (χ4v) is 2.59. The first-order valence-corrected chi connectivity index (χ1v) is 5.94. The van der Waals surface area contributed by atoms with Crippen LogP contribution in [0.1, 0.15) is 26.3 Å². The zero-order valence-corrected chi connectivity index (χ0v) is 10.2. The summed E-state index contributed by atoms with van der Waals surface area (Å²) in [5.41, 5.74) is 8.17. The van der Waals surface area contributed by atoms with Gasteiger partial charge in [0.05, 0.1) is 11.1 Å². The van der Waals surface area contributed by atoms with E-state index in [0.29, 0.717) is 34.2 Å². The fraction of sp³-hybridized carbons (Fsp3) is 0.0667. The summed E-state index contributed by atoms with van der Waals surface area (Å²) in [5.74, 6) is -0.740. The van der Waals surface area contributed by atoms with Gasteiger partial charge in [0.2, 0.25) is 0 Å². The van der Waals surface area contributed by atoms with Gasteiger partial charge >= 0.3 is 0 Å². The highest BCUT2D eigenvalue weighted by molar-refractivity contribution is 6.28. The Bertz CT molecular complexity index is 747. The second-order valence-corrected chi connectivity index (χ2v) is 4.46.